The van der Waals surface area contributed by atoms with Crippen LogP contribution in [0.15, 0.2) is 63.1 Å². The number of aryl methyl sites for hydroxylation is 1. The molecule has 0 saturated heterocycles. The van der Waals surface area contributed by atoms with Gasteiger partial charge >= 0.3 is 5.97 Å². The number of rotatable bonds is 3. The Labute approximate surface area is 155 Å². The average Bonchev–Trinajstić information content (AvgIpc) is 3.09. The maximum Gasteiger partial charge on any atom is 0.352 e. The number of nitrogens with zero attached hydrogens (tertiary/aromatic N) is 2. The van der Waals surface area contributed by atoms with Gasteiger partial charge in [-0.15, -0.1) is 0 Å². The highest BCUT2D eigenvalue weighted by Gasteiger charge is 2.29. The molecule has 7 nitrogen and oxygen atoms in total. The smallest absolute Gasteiger partial charge is 0.352 e. The number of fused-ring (bicyclic) bond motifs is 3. The van der Waals surface area contributed by atoms with E-state index in [2.05, 4.69) is 0 Å². The molecule has 0 saturated carbocycles. The number of pyridine rings is 1. The third kappa shape index (κ3) is 2.52. The van der Waals surface area contributed by atoms with Crippen LogP contribution in [0.1, 0.15) is 16.1 Å². The molecule has 0 unspecified atom stereocenters. The summed E-state index contributed by atoms with van der Waals surface area (Å²) in [5.74, 6) is -1.04. The van der Waals surface area contributed by atoms with Gasteiger partial charge in [0.2, 0.25) is 9.84 Å². The minimum Gasteiger partial charge on any atom is -0.477 e. The van der Waals surface area contributed by atoms with Crippen molar-refractivity contribution in [3.8, 4) is 11.4 Å². The topological polar surface area (TPSA) is 98.4 Å². The SMILES string of the molecule is Cn1c2c(cc(S(=O)(=O)c3ccccc3)c1=O)CCn1c(C(=O)O)ccc1-2. The van der Waals surface area contributed by atoms with Crippen molar-refractivity contribution in [2.24, 2.45) is 7.05 Å². The van der Waals surface area contributed by atoms with E-state index < -0.39 is 21.4 Å². The second kappa shape index (κ2) is 5.95. The second-order valence-corrected chi connectivity index (χ2v) is 8.29. The molecule has 138 valence electrons. The number of hydrogen-bond acceptors (Lipinski definition) is 4. The summed E-state index contributed by atoms with van der Waals surface area (Å²) in [6, 6.07) is 12.4. The van der Waals surface area contributed by atoms with Crippen LogP contribution in [-0.4, -0.2) is 28.6 Å². The molecule has 0 fully saturated rings. The van der Waals surface area contributed by atoms with Gasteiger partial charge in [0.25, 0.3) is 5.56 Å². The Bertz CT molecular complexity index is 1240. The van der Waals surface area contributed by atoms with Gasteiger partial charge in [-0.25, -0.2) is 13.2 Å². The summed E-state index contributed by atoms with van der Waals surface area (Å²) in [5, 5.41) is 9.31. The van der Waals surface area contributed by atoms with Crippen LogP contribution >= 0.6 is 0 Å². The first-order valence-corrected chi connectivity index (χ1v) is 9.77. The summed E-state index contributed by atoms with van der Waals surface area (Å²) in [7, 11) is -2.44. The molecule has 0 bridgehead atoms. The quantitative estimate of drug-likeness (QED) is 0.744. The van der Waals surface area contributed by atoms with Gasteiger partial charge in [0, 0.05) is 13.6 Å². The van der Waals surface area contributed by atoms with Crippen molar-refractivity contribution in [3.05, 3.63) is 70.1 Å². The van der Waals surface area contributed by atoms with Crippen LogP contribution in [-0.2, 0) is 29.9 Å². The average molecular weight is 384 g/mol. The molecular formula is C19H16N2O5S. The molecule has 0 spiro atoms. The summed E-state index contributed by atoms with van der Waals surface area (Å²) >= 11 is 0. The van der Waals surface area contributed by atoms with E-state index in [0.717, 1.165) is 0 Å². The van der Waals surface area contributed by atoms with Crippen molar-refractivity contribution >= 4 is 15.8 Å². The van der Waals surface area contributed by atoms with Crippen molar-refractivity contribution in [2.45, 2.75) is 22.8 Å². The maximum atomic E-state index is 12.9. The molecule has 8 heteroatoms. The number of hydrogen-bond donors (Lipinski definition) is 1. The van der Waals surface area contributed by atoms with Gasteiger partial charge in [0.05, 0.1) is 16.3 Å². The molecule has 1 aliphatic rings. The van der Waals surface area contributed by atoms with Crippen LogP contribution in [0.4, 0.5) is 0 Å². The lowest BCUT2D eigenvalue weighted by Gasteiger charge is -2.23. The predicted octanol–water partition coefficient (Wildman–Crippen LogP) is 1.94. The Kier molecular flexibility index (Phi) is 3.81. The number of carboxylic acid groups (broad SMARTS) is 1. The van der Waals surface area contributed by atoms with Crippen molar-refractivity contribution in [3.63, 3.8) is 0 Å². The maximum absolute atomic E-state index is 12.9. The van der Waals surface area contributed by atoms with Gasteiger partial charge < -0.3 is 14.2 Å². The summed E-state index contributed by atoms with van der Waals surface area (Å²) in [4.78, 5) is 24.0. The zero-order valence-electron chi connectivity index (χ0n) is 14.4. The Morgan fingerprint density at radius 2 is 1.81 bits per heavy atom. The van der Waals surface area contributed by atoms with Crippen molar-refractivity contribution in [2.75, 3.05) is 0 Å². The van der Waals surface area contributed by atoms with Gasteiger partial charge in [-0.3, -0.25) is 4.79 Å². The van der Waals surface area contributed by atoms with Crippen LogP contribution in [0.25, 0.3) is 11.4 Å². The standard InChI is InChI=1S/C19H16N2O5S/c1-20-17-12(9-10-21-14(17)7-8-15(21)19(23)24)11-16(18(20)22)27(25,26)13-5-3-2-4-6-13/h2-8,11H,9-10H2,1H3,(H,23,24). The van der Waals surface area contributed by atoms with Crippen molar-refractivity contribution in [1.29, 1.82) is 0 Å². The molecule has 1 aromatic carbocycles. The molecule has 2 aromatic heterocycles. The fraction of sp³-hybridized carbons (Fsp3) is 0.158. The lowest BCUT2D eigenvalue weighted by Crippen LogP contribution is -2.29. The molecule has 3 heterocycles. The summed E-state index contributed by atoms with van der Waals surface area (Å²) in [6.45, 7) is 0.403. The van der Waals surface area contributed by atoms with Crippen molar-refractivity contribution in [1.82, 2.24) is 9.13 Å². The fourth-order valence-electron chi connectivity index (χ4n) is 3.55. The number of aromatic carboxylic acids is 1. The third-order valence-corrected chi connectivity index (χ3v) is 6.61. The van der Waals surface area contributed by atoms with Crippen LogP contribution < -0.4 is 5.56 Å². The fourth-order valence-corrected chi connectivity index (χ4v) is 4.98. The zero-order chi connectivity index (χ0) is 19.3. The highest BCUT2D eigenvalue weighted by atomic mass is 32.2. The molecule has 3 aromatic rings. The molecule has 4 rings (SSSR count). The summed E-state index contributed by atoms with van der Waals surface area (Å²) in [5.41, 5.74) is 1.35. The summed E-state index contributed by atoms with van der Waals surface area (Å²) < 4.78 is 28.8. The van der Waals surface area contributed by atoms with Crippen LogP contribution in [0, 0.1) is 0 Å². The molecule has 0 radical (unpaired) electrons. The van der Waals surface area contributed by atoms with E-state index in [1.54, 1.807) is 28.8 Å². The normalized spacial score (nSPS) is 13.1. The first kappa shape index (κ1) is 17.3. The number of carbonyl (C=O) groups is 1. The molecule has 0 aliphatic carbocycles. The monoisotopic (exact) mass is 384 g/mol. The Hall–Kier alpha value is -3.13. The van der Waals surface area contributed by atoms with Gasteiger partial charge in [-0.05, 0) is 42.3 Å². The molecule has 1 N–H and O–H groups in total. The highest BCUT2D eigenvalue weighted by molar-refractivity contribution is 7.91. The Morgan fingerprint density at radius 3 is 2.48 bits per heavy atom. The molecule has 0 atom stereocenters. The van der Waals surface area contributed by atoms with E-state index in [9.17, 15) is 23.1 Å². The zero-order valence-corrected chi connectivity index (χ0v) is 15.2. The number of carboxylic acids is 1. The molecule has 1 aliphatic heterocycles. The highest BCUT2D eigenvalue weighted by Crippen LogP contribution is 2.32. The van der Waals surface area contributed by atoms with Gasteiger partial charge in [0.1, 0.15) is 10.6 Å². The molecule has 27 heavy (non-hydrogen) atoms. The largest absolute Gasteiger partial charge is 0.477 e. The molecule has 0 amide bonds. The second-order valence-electron chi connectivity index (χ2n) is 6.37. The third-order valence-electron chi connectivity index (χ3n) is 4.85. The lowest BCUT2D eigenvalue weighted by molar-refractivity contribution is 0.0685. The lowest BCUT2D eigenvalue weighted by atomic mass is 10.0. The summed E-state index contributed by atoms with van der Waals surface area (Å²) in [6.07, 6.45) is 0.433. The Morgan fingerprint density at radius 1 is 1.11 bits per heavy atom. The van der Waals surface area contributed by atoms with Crippen LogP contribution in [0.2, 0.25) is 0 Å². The van der Waals surface area contributed by atoms with E-state index >= 15 is 0 Å². The number of aromatic nitrogens is 2. The number of sulfone groups is 1. The van der Waals surface area contributed by atoms with Gasteiger partial charge in [0.15, 0.2) is 0 Å². The minimum atomic E-state index is -3.95. The van der Waals surface area contributed by atoms with E-state index in [-0.39, 0.29) is 15.5 Å². The van der Waals surface area contributed by atoms with Crippen LogP contribution in [0.3, 0.4) is 0 Å². The van der Waals surface area contributed by atoms with E-state index in [1.807, 2.05) is 0 Å². The minimum absolute atomic E-state index is 0.0643. The first-order chi connectivity index (χ1) is 12.8. The van der Waals surface area contributed by atoms with E-state index in [1.165, 1.54) is 35.9 Å². The van der Waals surface area contributed by atoms with Crippen molar-refractivity contribution < 1.29 is 18.3 Å². The molecular weight excluding hydrogens is 368 g/mol. The van der Waals surface area contributed by atoms with Crippen LogP contribution in [0.5, 0.6) is 0 Å². The van der Waals surface area contributed by atoms with Gasteiger partial charge in [-0.1, -0.05) is 18.2 Å². The number of benzene rings is 1. The Balaban J connectivity index is 1.95. The van der Waals surface area contributed by atoms with E-state index in [4.69, 9.17) is 0 Å². The first-order valence-electron chi connectivity index (χ1n) is 8.28. The van der Waals surface area contributed by atoms with E-state index in [0.29, 0.717) is 29.9 Å². The van der Waals surface area contributed by atoms with Gasteiger partial charge in [-0.2, -0.15) is 0 Å². The predicted molar refractivity (Wildman–Crippen MR) is 97.7 cm³/mol.